The zero-order valence-corrected chi connectivity index (χ0v) is 14.8. The van der Waals surface area contributed by atoms with E-state index in [4.69, 9.17) is 4.98 Å². The molecule has 5 heteroatoms. The molecule has 0 saturated carbocycles. The number of hydrogen-bond donors (Lipinski definition) is 1. The molecule has 0 aliphatic heterocycles. The average molecular weight is 354 g/mol. The lowest BCUT2D eigenvalue weighted by molar-refractivity contribution is 0.812. The number of pyridine rings is 1. The molecule has 0 aliphatic rings. The SMILES string of the molecule is CC(N=O)c1ccc(-c2nc(-c3ccccc3)[nH]c2-c2ccncc2)cc1. The first-order valence-corrected chi connectivity index (χ1v) is 8.75. The van der Waals surface area contributed by atoms with Gasteiger partial charge >= 0.3 is 0 Å². The van der Waals surface area contributed by atoms with Crippen molar-refractivity contribution in [1.29, 1.82) is 0 Å². The third-order valence-electron chi connectivity index (χ3n) is 4.54. The van der Waals surface area contributed by atoms with Crippen molar-refractivity contribution in [1.82, 2.24) is 15.0 Å². The number of nitroso groups, excluding NO2 is 1. The van der Waals surface area contributed by atoms with Gasteiger partial charge in [-0.15, -0.1) is 0 Å². The van der Waals surface area contributed by atoms with Gasteiger partial charge in [0.05, 0.1) is 11.4 Å². The van der Waals surface area contributed by atoms with E-state index >= 15 is 0 Å². The second-order valence-electron chi connectivity index (χ2n) is 6.31. The van der Waals surface area contributed by atoms with E-state index < -0.39 is 0 Å². The molecular formula is C22H18N4O. The fourth-order valence-corrected chi connectivity index (χ4v) is 3.02. The molecule has 0 aliphatic carbocycles. The maximum absolute atomic E-state index is 10.8. The number of rotatable bonds is 5. The Kier molecular flexibility index (Phi) is 4.58. The van der Waals surface area contributed by atoms with Crippen LogP contribution in [0, 0.1) is 4.91 Å². The number of hydrogen-bond acceptors (Lipinski definition) is 4. The zero-order valence-electron chi connectivity index (χ0n) is 14.8. The van der Waals surface area contributed by atoms with Crippen molar-refractivity contribution in [2.75, 3.05) is 0 Å². The van der Waals surface area contributed by atoms with Crippen LogP contribution in [-0.2, 0) is 0 Å². The molecule has 0 radical (unpaired) electrons. The second kappa shape index (κ2) is 7.33. The first-order chi connectivity index (χ1) is 13.3. The van der Waals surface area contributed by atoms with E-state index in [9.17, 15) is 4.91 Å². The van der Waals surface area contributed by atoms with Gasteiger partial charge in [-0.05, 0) is 24.6 Å². The number of imidazole rings is 1. The number of nitrogens with zero attached hydrogens (tertiary/aromatic N) is 3. The van der Waals surface area contributed by atoms with Gasteiger partial charge in [0.2, 0.25) is 0 Å². The van der Waals surface area contributed by atoms with Crippen molar-refractivity contribution in [3.63, 3.8) is 0 Å². The third-order valence-corrected chi connectivity index (χ3v) is 4.54. The smallest absolute Gasteiger partial charge is 0.138 e. The minimum atomic E-state index is -0.363. The molecule has 4 rings (SSSR count). The van der Waals surface area contributed by atoms with Crippen LogP contribution in [0.25, 0.3) is 33.9 Å². The standard InChI is InChI=1S/C22H18N4O/c1-15(26-27)16-7-9-17(10-8-16)20-21(18-11-13-23-14-12-18)25-22(24-20)19-5-3-2-4-6-19/h2-15H,1H3,(H,24,25). The summed E-state index contributed by atoms with van der Waals surface area (Å²) in [5, 5.41) is 3.09. The van der Waals surface area contributed by atoms with Gasteiger partial charge in [-0.2, -0.15) is 4.91 Å². The number of H-pyrrole nitrogens is 1. The zero-order chi connectivity index (χ0) is 18.6. The van der Waals surface area contributed by atoms with Crippen molar-refractivity contribution in [3.05, 3.63) is 89.6 Å². The number of aromatic amines is 1. The van der Waals surface area contributed by atoms with E-state index in [-0.39, 0.29) is 6.04 Å². The molecule has 2 aromatic heterocycles. The van der Waals surface area contributed by atoms with Crippen LogP contribution in [0.15, 0.2) is 84.3 Å². The maximum Gasteiger partial charge on any atom is 0.138 e. The summed E-state index contributed by atoms with van der Waals surface area (Å²) < 4.78 is 0. The molecule has 1 N–H and O–H groups in total. The summed E-state index contributed by atoms with van der Waals surface area (Å²) >= 11 is 0. The number of aromatic nitrogens is 3. The van der Waals surface area contributed by atoms with Crippen LogP contribution in [0.3, 0.4) is 0 Å². The fraction of sp³-hybridized carbons (Fsp3) is 0.0909. The highest BCUT2D eigenvalue weighted by atomic mass is 16.3. The summed E-state index contributed by atoms with van der Waals surface area (Å²) in [6.07, 6.45) is 3.53. The predicted octanol–water partition coefficient (Wildman–Crippen LogP) is 5.63. The molecule has 4 aromatic rings. The van der Waals surface area contributed by atoms with Gasteiger partial charge in [0.25, 0.3) is 0 Å². The molecule has 5 nitrogen and oxygen atoms in total. The van der Waals surface area contributed by atoms with E-state index in [1.165, 1.54) is 0 Å². The average Bonchev–Trinajstić information content (AvgIpc) is 3.20. The highest BCUT2D eigenvalue weighted by Crippen LogP contribution is 2.33. The summed E-state index contributed by atoms with van der Waals surface area (Å²) in [4.78, 5) is 23.2. The quantitative estimate of drug-likeness (QED) is 0.472. The van der Waals surface area contributed by atoms with Gasteiger partial charge in [-0.25, -0.2) is 4.98 Å². The lowest BCUT2D eigenvalue weighted by Gasteiger charge is -2.06. The summed E-state index contributed by atoms with van der Waals surface area (Å²) in [6.45, 7) is 1.78. The van der Waals surface area contributed by atoms with Crippen LogP contribution in [0.1, 0.15) is 18.5 Å². The van der Waals surface area contributed by atoms with Crippen LogP contribution in [-0.4, -0.2) is 15.0 Å². The maximum atomic E-state index is 10.8. The highest BCUT2D eigenvalue weighted by molar-refractivity contribution is 5.81. The summed E-state index contributed by atoms with van der Waals surface area (Å²) in [5.41, 5.74) is 5.69. The van der Waals surface area contributed by atoms with E-state index in [2.05, 4.69) is 15.1 Å². The van der Waals surface area contributed by atoms with Crippen LogP contribution in [0.4, 0.5) is 0 Å². The van der Waals surface area contributed by atoms with Crippen molar-refractivity contribution in [3.8, 4) is 33.9 Å². The Morgan fingerprint density at radius 3 is 2.22 bits per heavy atom. The van der Waals surface area contributed by atoms with Crippen molar-refractivity contribution >= 4 is 0 Å². The van der Waals surface area contributed by atoms with Crippen LogP contribution >= 0.6 is 0 Å². The van der Waals surface area contributed by atoms with Gasteiger partial charge in [0.1, 0.15) is 11.9 Å². The fourth-order valence-electron chi connectivity index (χ4n) is 3.02. The number of benzene rings is 2. The Bertz CT molecular complexity index is 1040. The third kappa shape index (κ3) is 3.40. The molecule has 132 valence electrons. The van der Waals surface area contributed by atoms with Crippen molar-refractivity contribution < 1.29 is 0 Å². The van der Waals surface area contributed by atoms with E-state index in [1.807, 2.05) is 66.7 Å². The molecule has 0 saturated heterocycles. The van der Waals surface area contributed by atoms with Gasteiger partial charge in [-0.1, -0.05) is 59.8 Å². The summed E-state index contributed by atoms with van der Waals surface area (Å²) in [5.74, 6) is 0.810. The van der Waals surface area contributed by atoms with Gasteiger partial charge < -0.3 is 4.98 Å². The Hall–Kier alpha value is -3.60. The molecule has 0 spiro atoms. The Labute approximate surface area is 157 Å². The Balaban J connectivity index is 1.83. The predicted molar refractivity (Wildman–Crippen MR) is 107 cm³/mol. The van der Waals surface area contributed by atoms with Crippen molar-refractivity contribution in [2.45, 2.75) is 13.0 Å². The molecular weight excluding hydrogens is 336 g/mol. The summed E-state index contributed by atoms with van der Waals surface area (Å²) in [6, 6.07) is 21.4. The molecule has 27 heavy (non-hydrogen) atoms. The lowest BCUT2D eigenvalue weighted by atomic mass is 10.0. The van der Waals surface area contributed by atoms with Gasteiger partial charge in [-0.3, -0.25) is 4.98 Å². The van der Waals surface area contributed by atoms with E-state index in [0.29, 0.717) is 0 Å². The Morgan fingerprint density at radius 2 is 1.56 bits per heavy atom. The first-order valence-electron chi connectivity index (χ1n) is 8.75. The van der Waals surface area contributed by atoms with Crippen LogP contribution < -0.4 is 0 Å². The van der Waals surface area contributed by atoms with Gasteiger partial charge in [0.15, 0.2) is 0 Å². The van der Waals surface area contributed by atoms with E-state index in [1.54, 1.807) is 19.3 Å². The molecule has 0 fully saturated rings. The molecule has 1 atom stereocenters. The lowest BCUT2D eigenvalue weighted by Crippen LogP contribution is -1.89. The normalized spacial score (nSPS) is 11.9. The minimum absolute atomic E-state index is 0.363. The molecule has 1 unspecified atom stereocenters. The Morgan fingerprint density at radius 1 is 0.852 bits per heavy atom. The molecule has 0 bridgehead atoms. The number of nitrogens with one attached hydrogen (secondary N) is 1. The topological polar surface area (TPSA) is 71.0 Å². The second-order valence-corrected chi connectivity index (χ2v) is 6.31. The van der Waals surface area contributed by atoms with Crippen molar-refractivity contribution in [2.24, 2.45) is 5.18 Å². The van der Waals surface area contributed by atoms with Crippen LogP contribution in [0.5, 0.6) is 0 Å². The van der Waals surface area contributed by atoms with Gasteiger partial charge in [0, 0.05) is 29.1 Å². The van der Waals surface area contributed by atoms with Crippen LogP contribution in [0.2, 0.25) is 0 Å². The minimum Gasteiger partial charge on any atom is -0.337 e. The molecule has 2 heterocycles. The monoisotopic (exact) mass is 354 g/mol. The highest BCUT2D eigenvalue weighted by Gasteiger charge is 2.15. The first kappa shape index (κ1) is 16.8. The molecule has 0 amide bonds. The molecule has 2 aromatic carbocycles. The summed E-state index contributed by atoms with van der Waals surface area (Å²) in [7, 11) is 0. The van der Waals surface area contributed by atoms with E-state index in [0.717, 1.165) is 39.5 Å². The largest absolute Gasteiger partial charge is 0.337 e.